The van der Waals surface area contributed by atoms with Crippen molar-refractivity contribution in [2.24, 2.45) is 0 Å². The van der Waals surface area contributed by atoms with Crippen LogP contribution in [0.15, 0.2) is 18.2 Å². The lowest BCUT2D eigenvalue weighted by molar-refractivity contribution is -0.123. The first kappa shape index (κ1) is 13.6. The Bertz CT molecular complexity index is 449. The summed E-state index contributed by atoms with van der Waals surface area (Å²) in [5.74, 6) is -0.167. The number of epoxide rings is 1. The number of halogens is 2. The van der Waals surface area contributed by atoms with Gasteiger partial charge in [-0.25, -0.2) is 0 Å². The van der Waals surface area contributed by atoms with E-state index >= 15 is 0 Å². The van der Waals surface area contributed by atoms with Gasteiger partial charge in [0.2, 0.25) is 0 Å². The summed E-state index contributed by atoms with van der Waals surface area (Å²) in [5, 5.41) is 12.7. The second-order valence-corrected chi connectivity index (χ2v) is 4.88. The molecule has 2 unspecified atom stereocenters. The Labute approximate surface area is 115 Å². The lowest BCUT2D eigenvalue weighted by atomic mass is 10.0. The fourth-order valence-electron chi connectivity index (χ4n) is 1.64. The van der Waals surface area contributed by atoms with Gasteiger partial charge in [0.1, 0.15) is 0 Å². The molecule has 1 aromatic rings. The maximum absolute atomic E-state index is 11.6. The predicted octanol–water partition coefficient (Wildman–Crippen LogP) is 1.93. The SMILES string of the molecule is O=C(NC(CCO)c1ccc(Cl)c(Cl)c1)C1CO1. The third-order valence-corrected chi connectivity index (χ3v) is 3.45. The first-order valence-electron chi connectivity index (χ1n) is 5.59. The van der Waals surface area contributed by atoms with Gasteiger partial charge in [0, 0.05) is 6.61 Å². The fourth-order valence-corrected chi connectivity index (χ4v) is 1.95. The fraction of sp³-hybridized carbons (Fsp3) is 0.417. The van der Waals surface area contributed by atoms with Crippen LogP contribution >= 0.6 is 23.2 Å². The van der Waals surface area contributed by atoms with Gasteiger partial charge in [-0.2, -0.15) is 0 Å². The second-order valence-electron chi connectivity index (χ2n) is 4.07. The van der Waals surface area contributed by atoms with Gasteiger partial charge >= 0.3 is 0 Å². The van der Waals surface area contributed by atoms with Gasteiger partial charge in [-0.05, 0) is 24.1 Å². The molecule has 98 valence electrons. The number of hydrogen-bond acceptors (Lipinski definition) is 3. The van der Waals surface area contributed by atoms with Crippen LogP contribution in [-0.2, 0) is 9.53 Å². The molecule has 0 spiro atoms. The van der Waals surface area contributed by atoms with Gasteiger partial charge in [-0.3, -0.25) is 4.79 Å². The quantitative estimate of drug-likeness (QED) is 0.815. The Morgan fingerprint density at radius 2 is 2.22 bits per heavy atom. The third kappa shape index (κ3) is 3.36. The third-order valence-electron chi connectivity index (χ3n) is 2.71. The molecule has 2 atom stereocenters. The number of rotatable bonds is 5. The monoisotopic (exact) mass is 289 g/mol. The van der Waals surface area contributed by atoms with Crippen LogP contribution in [0.3, 0.4) is 0 Å². The topological polar surface area (TPSA) is 61.9 Å². The zero-order chi connectivity index (χ0) is 13.1. The minimum absolute atomic E-state index is 0.0310. The highest BCUT2D eigenvalue weighted by Gasteiger charge is 2.32. The Morgan fingerprint density at radius 1 is 1.50 bits per heavy atom. The number of aliphatic hydroxyl groups is 1. The van der Waals surface area contributed by atoms with Crippen molar-refractivity contribution >= 4 is 29.1 Å². The minimum Gasteiger partial charge on any atom is -0.396 e. The number of carbonyl (C=O) groups is 1. The van der Waals surface area contributed by atoms with Gasteiger partial charge in [-0.15, -0.1) is 0 Å². The maximum atomic E-state index is 11.6. The molecule has 1 amide bonds. The zero-order valence-electron chi connectivity index (χ0n) is 9.53. The van der Waals surface area contributed by atoms with Crippen molar-refractivity contribution in [3.8, 4) is 0 Å². The summed E-state index contributed by atoms with van der Waals surface area (Å²) in [7, 11) is 0. The number of amides is 1. The average Bonchev–Trinajstić information content (AvgIpc) is 3.16. The number of aliphatic hydroxyl groups excluding tert-OH is 1. The van der Waals surface area contributed by atoms with Crippen LogP contribution in [0.2, 0.25) is 10.0 Å². The largest absolute Gasteiger partial charge is 0.396 e. The van der Waals surface area contributed by atoms with E-state index in [1.165, 1.54) is 0 Å². The van der Waals surface area contributed by atoms with Crippen LogP contribution in [0.1, 0.15) is 18.0 Å². The number of hydrogen-bond donors (Lipinski definition) is 2. The van der Waals surface area contributed by atoms with Crippen LogP contribution in [0.25, 0.3) is 0 Å². The standard InChI is InChI=1S/C12H13Cl2NO3/c13-8-2-1-7(5-9(8)14)10(3-4-16)15-12(17)11-6-18-11/h1-2,5,10-11,16H,3-4,6H2,(H,15,17). The number of carbonyl (C=O) groups excluding carboxylic acids is 1. The van der Waals surface area contributed by atoms with Gasteiger partial charge in [0.05, 0.1) is 22.7 Å². The lowest BCUT2D eigenvalue weighted by Gasteiger charge is -2.18. The summed E-state index contributed by atoms with van der Waals surface area (Å²) in [6.45, 7) is 0.426. The van der Waals surface area contributed by atoms with Gasteiger partial charge in [-0.1, -0.05) is 29.3 Å². The molecule has 1 aromatic carbocycles. The molecule has 6 heteroatoms. The zero-order valence-corrected chi connectivity index (χ0v) is 11.0. The van der Waals surface area contributed by atoms with E-state index in [1.54, 1.807) is 18.2 Å². The molecule has 0 radical (unpaired) electrons. The molecule has 1 fully saturated rings. The molecular formula is C12H13Cl2NO3. The smallest absolute Gasteiger partial charge is 0.252 e. The van der Waals surface area contributed by atoms with Crippen molar-refractivity contribution in [3.05, 3.63) is 33.8 Å². The molecule has 2 rings (SSSR count). The van der Waals surface area contributed by atoms with Crippen LogP contribution in [0.4, 0.5) is 0 Å². The Hall–Kier alpha value is -0.810. The highest BCUT2D eigenvalue weighted by atomic mass is 35.5. The summed E-state index contributed by atoms with van der Waals surface area (Å²) >= 11 is 11.8. The molecule has 0 saturated carbocycles. The second kappa shape index (κ2) is 5.89. The van der Waals surface area contributed by atoms with E-state index in [0.29, 0.717) is 23.1 Å². The van der Waals surface area contributed by atoms with E-state index in [0.717, 1.165) is 5.56 Å². The molecule has 1 saturated heterocycles. The molecule has 4 nitrogen and oxygen atoms in total. The van der Waals surface area contributed by atoms with E-state index in [1.807, 2.05) is 0 Å². The van der Waals surface area contributed by atoms with E-state index in [2.05, 4.69) is 5.32 Å². The normalized spacial score (nSPS) is 19.4. The Balaban J connectivity index is 2.11. The molecule has 1 aliphatic rings. The van der Waals surface area contributed by atoms with Gasteiger partial charge in [0.25, 0.3) is 5.91 Å². The van der Waals surface area contributed by atoms with Gasteiger partial charge < -0.3 is 15.2 Å². The first-order valence-corrected chi connectivity index (χ1v) is 6.35. The minimum atomic E-state index is -0.353. The summed E-state index contributed by atoms with van der Waals surface area (Å²) in [5.41, 5.74) is 0.812. The highest BCUT2D eigenvalue weighted by molar-refractivity contribution is 6.42. The number of benzene rings is 1. The molecule has 2 N–H and O–H groups in total. The molecule has 0 aliphatic carbocycles. The highest BCUT2D eigenvalue weighted by Crippen LogP contribution is 2.27. The van der Waals surface area contributed by atoms with Crippen molar-refractivity contribution in [3.63, 3.8) is 0 Å². The van der Waals surface area contributed by atoms with Crippen molar-refractivity contribution in [1.82, 2.24) is 5.32 Å². The number of nitrogens with one attached hydrogen (secondary N) is 1. The number of ether oxygens (including phenoxy) is 1. The molecule has 0 bridgehead atoms. The van der Waals surface area contributed by atoms with E-state index in [9.17, 15) is 4.79 Å². The Kier molecular flexibility index (Phi) is 4.45. The van der Waals surface area contributed by atoms with E-state index in [-0.39, 0.29) is 24.7 Å². The summed E-state index contributed by atoms with van der Waals surface area (Å²) in [6, 6.07) is 4.85. The molecule has 18 heavy (non-hydrogen) atoms. The molecule has 1 heterocycles. The van der Waals surface area contributed by atoms with Crippen molar-refractivity contribution in [2.75, 3.05) is 13.2 Å². The van der Waals surface area contributed by atoms with Crippen molar-refractivity contribution in [1.29, 1.82) is 0 Å². The first-order chi connectivity index (χ1) is 8.61. The summed E-state index contributed by atoms with van der Waals surface area (Å²) in [4.78, 5) is 11.6. The van der Waals surface area contributed by atoms with Gasteiger partial charge in [0.15, 0.2) is 6.10 Å². The lowest BCUT2D eigenvalue weighted by Crippen LogP contribution is -2.32. The van der Waals surface area contributed by atoms with Crippen LogP contribution in [0, 0.1) is 0 Å². The summed E-state index contributed by atoms with van der Waals surface area (Å²) in [6.07, 6.45) is 0.0603. The van der Waals surface area contributed by atoms with Crippen LogP contribution in [-0.4, -0.2) is 30.3 Å². The maximum Gasteiger partial charge on any atom is 0.252 e. The molecular weight excluding hydrogens is 277 g/mol. The van der Waals surface area contributed by atoms with Crippen LogP contribution < -0.4 is 5.32 Å². The molecule has 1 aliphatic heterocycles. The van der Waals surface area contributed by atoms with Crippen LogP contribution in [0.5, 0.6) is 0 Å². The Morgan fingerprint density at radius 3 is 2.78 bits per heavy atom. The summed E-state index contributed by atoms with van der Waals surface area (Å²) < 4.78 is 4.91. The molecule has 0 aromatic heterocycles. The predicted molar refractivity (Wildman–Crippen MR) is 68.8 cm³/mol. The average molecular weight is 290 g/mol. The van der Waals surface area contributed by atoms with Crippen molar-refractivity contribution in [2.45, 2.75) is 18.6 Å². The van der Waals surface area contributed by atoms with E-state index < -0.39 is 0 Å². The van der Waals surface area contributed by atoms with E-state index in [4.69, 9.17) is 33.0 Å². The van der Waals surface area contributed by atoms with Crippen molar-refractivity contribution < 1.29 is 14.6 Å².